The molecule has 0 unspecified atom stereocenters. The van der Waals surface area contributed by atoms with Gasteiger partial charge in [-0.3, -0.25) is 0 Å². The van der Waals surface area contributed by atoms with E-state index in [0.29, 0.717) is 0 Å². The number of aromatic nitrogens is 1. The van der Waals surface area contributed by atoms with Crippen molar-refractivity contribution in [1.82, 2.24) is 4.98 Å². The Kier molecular flexibility index (Phi) is 4.10. The Morgan fingerprint density at radius 3 is 2.53 bits per heavy atom. The summed E-state index contributed by atoms with van der Waals surface area (Å²) in [6.45, 7) is 2.22. The fourth-order valence-corrected chi connectivity index (χ4v) is 2.09. The average molecular weight is 243 g/mol. The van der Waals surface area contributed by atoms with Crippen LogP contribution in [0, 0.1) is 0 Å². The molecule has 1 nitrogen and oxygen atoms in total. The van der Waals surface area contributed by atoms with Crippen LogP contribution in [0.3, 0.4) is 0 Å². The molecule has 2 aromatic rings. The maximum Gasteiger partial charge on any atom is 0.0684 e. The van der Waals surface area contributed by atoms with Gasteiger partial charge in [0.05, 0.1) is 10.6 Å². The Bertz CT molecular complexity index is 468. The van der Waals surface area contributed by atoms with E-state index in [2.05, 4.69) is 36.2 Å². The number of benzene rings is 1. The Morgan fingerprint density at radius 2 is 1.94 bits per heavy atom. The van der Waals surface area contributed by atoms with Crippen LogP contribution in [-0.2, 0) is 6.42 Å². The summed E-state index contributed by atoms with van der Waals surface area (Å²) in [6.07, 6.45) is 5.55. The van der Waals surface area contributed by atoms with Gasteiger partial charge in [0.25, 0.3) is 0 Å². The third kappa shape index (κ3) is 3.04. The van der Waals surface area contributed by atoms with E-state index in [0.717, 1.165) is 22.5 Å². The van der Waals surface area contributed by atoms with Crippen molar-refractivity contribution in [2.24, 2.45) is 0 Å². The van der Waals surface area contributed by atoms with E-state index < -0.39 is 0 Å². The SMILES string of the molecule is CCCCc1ccc(C(=S)c2ccc[nH]2)cc1. The van der Waals surface area contributed by atoms with E-state index in [1.54, 1.807) is 0 Å². The molecule has 0 aliphatic carbocycles. The summed E-state index contributed by atoms with van der Waals surface area (Å²) in [6, 6.07) is 12.6. The lowest BCUT2D eigenvalue weighted by Crippen LogP contribution is -2.00. The van der Waals surface area contributed by atoms with E-state index in [1.165, 1.54) is 18.4 Å². The molecule has 0 atom stereocenters. The van der Waals surface area contributed by atoms with E-state index >= 15 is 0 Å². The molecule has 1 N–H and O–H groups in total. The first-order valence-electron chi connectivity index (χ1n) is 6.08. The number of thiocarbonyl (C=S) groups is 1. The number of nitrogens with one attached hydrogen (secondary N) is 1. The summed E-state index contributed by atoms with van der Waals surface area (Å²) in [5.41, 5.74) is 3.52. The van der Waals surface area contributed by atoms with Crippen LogP contribution >= 0.6 is 12.2 Å². The lowest BCUT2D eigenvalue weighted by atomic mass is 10.0. The lowest BCUT2D eigenvalue weighted by Gasteiger charge is -2.04. The van der Waals surface area contributed by atoms with Gasteiger partial charge in [-0.15, -0.1) is 0 Å². The average Bonchev–Trinajstić information content (AvgIpc) is 2.90. The topological polar surface area (TPSA) is 15.8 Å². The maximum absolute atomic E-state index is 5.44. The van der Waals surface area contributed by atoms with Crippen LogP contribution in [0.4, 0.5) is 0 Å². The predicted molar refractivity (Wildman–Crippen MR) is 76.6 cm³/mol. The molecule has 0 spiro atoms. The van der Waals surface area contributed by atoms with Gasteiger partial charge in [0.2, 0.25) is 0 Å². The highest BCUT2D eigenvalue weighted by molar-refractivity contribution is 7.81. The zero-order valence-corrected chi connectivity index (χ0v) is 10.9. The van der Waals surface area contributed by atoms with Crippen molar-refractivity contribution in [2.45, 2.75) is 26.2 Å². The molecule has 0 saturated carbocycles. The molecule has 0 fully saturated rings. The molecule has 0 radical (unpaired) electrons. The number of aryl methyl sites for hydroxylation is 1. The van der Waals surface area contributed by atoms with Crippen LogP contribution in [0.2, 0.25) is 0 Å². The van der Waals surface area contributed by atoms with Crippen molar-refractivity contribution in [1.29, 1.82) is 0 Å². The Hall–Kier alpha value is -1.41. The zero-order valence-electron chi connectivity index (χ0n) is 10.1. The summed E-state index contributed by atoms with van der Waals surface area (Å²) < 4.78 is 0. The first kappa shape index (κ1) is 12.1. The van der Waals surface area contributed by atoms with Crippen LogP contribution < -0.4 is 0 Å². The van der Waals surface area contributed by atoms with Crippen molar-refractivity contribution < 1.29 is 0 Å². The van der Waals surface area contributed by atoms with Gasteiger partial charge in [0.15, 0.2) is 0 Å². The standard InChI is InChI=1S/C15H17NS/c1-2-3-5-12-7-9-13(10-8-12)15(17)14-6-4-11-16-14/h4,6-11,16H,2-3,5H2,1H3. The molecule has 0 bridgehead atoms. The van der Waals surface area contributed by atoms with Crippen LogP contribution in [0.5, 0.6) is 0 Å². The van der Waals surface area contributed by atoms with Gasteiger partial charge in [0.1, 0.15) is 0 Å². The molecule has 17 heavy (non-hydrogen) atoms. The minimum absolute atomic E-state index is 0.886. The largest absolute Gasteiger partial charge is 0.360 e. The van der Waals surface area contributed by atoms with E-state index in [4.69, 9.17) is 12.2 Å². The summed E-state index contributed by atoms with van der Waals surface area (Å²) in [5, 5.41) is 0. The number of unbranched alkanes of at least 4 members (excludes halogenated alkanes) is 1. The Balaban J connectivity index is 2.10. The molecular formula is C15H17NS. The highest BCUT2D eigenvalue weighted by Crippen LogP contribution is 2.12. The van der Waals surface area contributed by atoms with Gasteiger partial charge >= 0.3 is 0 Å². The number of hydrogen-bond acceptors (Lipinski definition) is 1. The van der Waals surface area contributed by atoms with Crippen molar-refractivity contribution in [3.63, 3.8) is 0 Å². The highest BCUT2D eigenvalue weighted by Gasteiger charge is 2.04. The van der Waals surface area contributed by atoms with Crippen LogP contribution in [-0.4, -0.2) is 9.85 Å². The Morgan fingerprint density at radius 1 is 1.18 bits per heavy atom. The van der Waals surface area contributed by atoms with Crippen molar-refractivity contribution in [2.75, 3.05) is 0 Å². The number of rotatable bonds is 5. The summed E-state index contributed by atoms with van der Waals surface area (Å²) >= 11 is 5.44. The highest BCUT2D eigenvalue weighted by atomic mass is 32.1. The third-order valence-electron chi connectivity index (χ3n) is 2.88. The van der Waals surface area contributed by atoms with Gasteiger partial charge in [-0.25, -0.2) is 0 Å². The molecule has 0 saturated heterocycles. The predicted octanol–water partition coefficient (Wildman–Crippen LogP) is 4.12. The Labute approximate surface area is 108 Å². The summed E-state index contributed by atoms with van der Waals surface area (Å²) in [5.74, 6) is 0. The molecule has 0 aliphatic heterocycles. The fraction of sp³-hybridized carbons (Fsp3) is 0.267. The van der Waals surface area contributed by atoms with Gasteiger partial charge in [0, 0.05) is 6.20 Å². The lowest BCUT2D eigenvalue weighted by molar-refractivity contribution is 0.795. The minimum Gasteiger partial charge on any atom is -0.360 e. The molecular weight excluding hydrogens is 226 g/mol. The molecule has 88 valence electrons. The van der Waals surface area contributed by atoms with Crippen molar-refractivity contribution in [3.05, 3.63) is 59.4 Å². The third-order valence-corrected chi connectivity index (χ3v) is 3.33. The minimum atomic E-state index is 0.886. The summed E-state index contributed by atoms with van der Waals surface area (Å²) in [4.78, 5) is 4.03. The van der Waals surface area contributed by atoms with Crippen LogP contribution in [0.1, 0.15) is 36.6 Å². The normalized spacial score (nSPS) is 10.4. The molecule has 1 aromatic heterocycles. The number of hydrogen-bond donors (Lipinski definition) is 1. The second kappa shape index (κ2) is 5.78. The van der Waals surface area contributed by atoms with E-state index in [-0.39, 0.29) is 0 Å². The van der Waals surface area contributed by atoms with Crippen LogP contribution in [0.25, 0.3) is 0 Å². The van der Waals surface area contributed by atoms with Crippen molar-refractivity contribution >= 4 is 17.1 Å². The van der Waals surface area contributed by atoms with Crippen LogP contribution in [0.15, 0.2) is 42.6 Å². The quantitative estimate of drug-likeness (QED) is 0.617. The first-order valence-corrected chi connectivity index (χ1v) is 6.49. The van der Waals surface area contributed by atoms with Gasteiger partial charge < -0.3 is 4.98 Å². The number of aromatic amines is 1. The van der Waals surface area contributed by atoms with Gasteiger partial charge in [-0.05, 0) is 36.1 Å². The monoisotopic (exact) mass is 243 g/mol. The molecule has 0 amide bonds. The van der Waals surface area contributed by atoms with Gasteiger partial charge in [-0.1, -0.05) is 49.8 Å². The number of H-pyrrole nitrogens is 1. The second-order valence-corrected chi connectivity index (χ2v) is 4.62. The molecule has 1 heterocycles. The summed E-state index contributed by atoms with van der Waals surface area (Å²) in [7, 11) is 0. The molecule has 2 heteroatoms. The molecule has 2 rings (SSSR count). The molecule has 0 aliphatic rings. The second-order valence-electron chi connectivity index (χ2n) is 4.21. The van der Waals surface area contributed by atoms with E-state index in [1.807, 2.05) is 18.3 Å². The van der Waals surface area contributed by atoms with Crippen molar-refractivity contribution in [3.8, 4) is 0 Å². The fourth-order valence-electron chi connectivity index (χ4n) is 1.83. The smallest absolute Gasteiger partial charge is 0.0684 e. The first-order chi connectivity index (χ1) is 8.31. The zero-order chi connectivity index (χ0) is 12.1. The van der Waals surface area contributed by atoms with E-state index in [9.17, 15) is 0 Å². The molecule has 1 aromatic carbocycles. The maximum atomic E-state index is 5.44. The van der Waals surface area contributed by atoms with Gasteiger partial charge in [-0.2, -0.15) is 0 Å².